The Labute approximate surface area is 102 Å². The molecule has 1 fully saturated rings. The zero-order chi connectivity index (χ0) is 12.3. The fourth-order valence-corrected chi connectivity index (χ4v) is 3.04. The Bertz CT molecular complexity index is 422. The van der Waals surface area contributed by atoms with Crippen LogP contribution >= 0.6 is 0 Å². The maximum atomic E-state index is 11.8. The van der Waals surface area contributed by atoms with E-state index in [1.165, 1.54) is 0 Å². The predicted octanol–water partition coefficient (Wildman–Crippen LogP) is 0.00800. The van der Waals surface area contributed by atoms with Gasteiger partial charge in [0.2, 0.25) is 5.82 Å². The fraction of sp³-hybridized carbons (Fsp3) is 0.700. The van der Waals surface area contributed by atoms with Gasteiger partial charge in [-0.3, -0.25) is 14.1 Å². The lowest BCUT2D eigenvalue weighted by molar-refractivity contribution is 0.0924. The second-order valence-corrected chi connectivity index (χ2v) is 5.75. The van der Waals surface area contributed by atoms with Crippen LogP contribution in [0.15, 0.2) is 0 Å². The molecule has 0 aromatic carbocycles. The van der Waals surface area contributed by atoms with Gasteiger partial charge in [-0.1, -0.05) is 6.92 Å². The van der Waals surface area contributed by atoms with Gasteiger partial charge in [0.15, 0.2) is 0 Å². The summed E-state index contributed by atoms with van der Waals surface area (Å²) in [7, 11) is -0.706. The molecule has 2 N–H and O–H groups in total. The zero-order valence-corrected chi connectivity index (χ0v) is 10.5. The first-order valence-electron chi connectivity index (χ1n) is 5.76. The number of rotatable bonds is 3. The lowest BCUT2D eigenvalue weighted by Gasteiger charge is -2.21. The van der Waals surface area contributed by atoms with Gasteiger partial charge in [-0.25, -0.2) is 4.98 Å². The van der Waals surface area contributed by atoms with Gasteiger partial charge in [-0.15, -0.1) is 5.10 Å². The smallest absolute Gasteiger partial charge is 0.291 e. The second kappa shape index (κ2) is 5.39. The van der Waals surface area contributed by atoms with E-state index in [2.05, 4.69) is 20.5 Å². The van der Waals surface area contributed by atoms with E-state index in [1.807, 2.05) is 6.92 Å². The third-order valence-corrected chi connectivity index (χ3v) is 4.17. The number of aryl methyl sites for hydroxylation is 1. The van der Waals surface area contributed by atoms with E-state index < -0.39 is 10.8 Å². The lowest BCUT2D eigenvalue weighted by atomic mass is 10.1. The number of amides is 1. The fourth-order valence-electron chi connectivity index (χ4n) is 1.74. The molecule has 1 amide bonds. The van der Waals surface area contributed by atoms with Gasteiger partial charge in [0, 0.05) is 34.8 Å². The first-order chi connectivity index (χ1) is 8.19. The quantitative estimate of drug-likeness (QED) is 0.797. The monoisotopic (exact) mass is 256 g/mol. The minimum absolute atomic E-state index is 0.101. The summed E-state index contributed by atoms with van der Waals surface area (Å²) in [5.41, 5.74) is 0. The summed E-state index contributed by atoms with van der Waals surface area (Å²) in [4.78, 5) is 15.9. The SMILES string of the molecule is CCc1nc(C(=O)NC2CCS(=O)CC2)n[nH]1. The van der Waals surface area contributed by atoms with Crippen molar-refractivity contribution in [2.24, 2.45) is 0 Å². The van der Waals surface area contributed by atoms with Gasteiger partial charge in [0.1, 0.15) is 5.82 Å². The predicted molar refractivity (Wildman–Crippen MR) is 64.1 cm³/mol. The van der Waals surface area contributed by atoms with Gasteiger partial charge in [-0.05, 0) is 12.8 Å². The Hall–Kier alpha value is -1.24. The molecule has 0 unspecified atom stereocenters. The van der Waals surface area contributed by atoms with Gasteiger partial charge in [0.05, 0.1) is 0 Å². The van der Waals surface area contributed by atoms with Crippen molar-refractivity contribution in [3.63, 3.8) is 0 Å². The highest BCUT2D eigenvalue weighted by molar-refractivity contribution is 7.85. The number of nitrogens with zero attached hydrogens (tertiary/aromatic N) is 2. The molecule has 0 saturated carbocycles. The summed E-state index contributed by atoms with van der Waals surface area (Å²) in [6, 6.07) is 0.101. The molecule has 0 spiro atoms. The molecule has 7 heteroatoms. The van der Waals surface area contributed by atoms with Crippen LogP contribution in [0.25, 0.3) is 0 Å². The van der Waals surface area contributed by atoms with E-state index in [1.54, 1.807) is 0 Å². The van der Waals surface area contributed by atoms with Crippen LogP contribution in [0.1, 0.15) is 36.2 Å². The molecule has 1 aliphatic heterocycles. The highest BCUT2D eigenvalue weighted by atomic mass is 32.2. The van der Waals surface area contributed by atoms with Gasteiger partial charge >= 0.3 is 0 Å². The van der Waals surface area contributed by atoms with E-state index in [0.29, 0.717) is 17.3 Å². The molecule has 17 heavy (non-hydrogen) atoms. The number of hydrogen-bond acceptors (Lipinski definition) is 4. The number of aromatic amines is 1. The molecule has 2 heterocycles. The van der Waals surface area contributed by atoms with Crippen molar-refractivity contribution in [3.8, 4) is 0 Å². The van der Waals surface area contributed by atoms with Crippen molar-refractivity contribution in [2.75, 3.05) is 11.5 Å². The van der Waals surface area contributed by atoms with Crippen molar-refractivity contribution in [2.45, 2.75) is 32.2 Å². The van der Waals surface area contributed by atoms with Crippen LogP contribution in [0.4, 0.5) is 0 Å². The number of nitrogens with one attached hydrogen (secondary N) is 2. The normalized spacial score (nSPS) is 24.5. The van der Waals surface area contributed by atoms with E-state index in [9.17, 15) is 9.00 Å². The van der Waals surface area contributed by atoms with E-state index >= 15 is 0 Å². The Kier molecular flexibility index (Phi) is 3.88. The molecule has 1 saturated heterocycles. The summed E-state index contributed by atoms with van der Waals surface area (Å²) in [5.74, 6) is 1.98. The van der Waals surface area contributed by atoms with Crippen molar-refractivity contribution < 1.29 is 9.00 Å². The Morgan fingerprint density at radius 3 is 2.82 bits per heavy atom. The zero-order valence-electron chi connectivity index (χ0n) is 9.73. The molecule has 1 aromatic heterocycles. The summed E-state index contributed by atoms with van der Waals surface area (Å²) in [6.45, 7) is 1.94. The summed E-state index contributed by atoms with van der Waals surface area (Å²) in [5, 5.41) is 9.44. The molecule has 0 aliphatic carbocycles. The molecule has 0 atom stereocenters. The van der Waals surface area contributed by atoms with Crippen LogP contribution in [0.5, 0.6) is 0 Å². The molecule has 94 valence electrons. The maximum absolute atomic E-state index is 11.8. The van der Waals surface area contributed by atoms with E-state index in [4.69, 9.17) is 0 Å². The van der Waals surface area contributed by atoms with Crippen molar-refractivity contribution >= 4 is 16.7 Å². The highest BCUT2D eigenvalue weighted by Gasteiger charge is 2.21. The van der Waals surface area contributed by atoms with Gasteiger partial charge < -0.3 is 5.32 Å². The van der Waals surface area contributed by atoms with Crippen LogP contribution in [-0.2, 0) is 17.2 Å². The number of aromatic nitrogens is 3. The van der Waals surface area contributed by atoms with Crippen LogP contribution in [0.3, 0.4) is 0 Å². The third kappa shape index (κ3) is 3.12. The van der Waals surface area contributed by atoms with Crippen LogP contribution in [0.2, 0.25) is 0 Å². The van der Waals surface area contributed by atoms with Crippen LogP contribution in [-0.4, -0.2) is 42.8 Å². The van der Waals surface area contributed by atoms with Gasteiger partial charge in [0.25, 0.3) is 5.91 Å². The number of carbonyl (C=O) groups excluding carboxylic acids is 1. The Morgan fingerprint density at radius 1 is 1.53 bits per heavy atom. The number of carbonyl (C=O) groups is 1. The minimum atomic E-state index is -0.706. The topological polar surface area (TPSA) is 87.7 Å². The third-order valence-electron chi connectivity index (χ3n) is 2.79. The van der Waals surface area contributed by atoms with Gasteiger partial charge in [-0.2, -0.15) is 0 Å². The number of hydrogen-bond donors (Lipinski definition) is 2. The molecule has 0 bridgehead atoms. The first kappa shape index (κ1) is 12.2. The van der Waals surface area contributed by atoms with Crippen molar-refractivity contribution in [3.05, 3.63) is 11.6 Å². The van der Waals surface area contributed by atoms with Crippen molar-refractivity contribution in [1.82, 2.24) is 20.5 Å². The molecule has 1 aliphatic rings. The summed E-state index contributed by atoms with van der Waals surface area (Å²) >= 11 is 0. The van der Waals surface area contributed by atoms with Crippen LogP contribution in [0, 0.1) is 0 Å². The lowest BCUT2D eigenvalue weighted by Crippen LogP contribution is -2.40. The standard InChI is InChI=1S/C10H16N4O2S/c1-2-8-12-9(14-13-8)10(15)11-7-3-5-17(16)6-4-7/h7H,2-6H2,1H3,(H,11,15)(H,12,13,14). The molecule has 2 rings (SSSR count). The average Bonchev–Trinajstić information content (AvgIpc) is 2.81. The summed E-state index contributed by atoms with van der Waals surface area (Å²) in [6.07, 6.45) is 2.26. The second-order valence-electron chi connectivity index (χ2n) is 4.06. The summed E-state index contributed by atoms with van der Waals surface area (Å²) < 4.78 is 11.2. The van der Waals surface area contributed by atoms with Crippen molar-refractivity contribution in [1.29, 1.82) is 0 Å². The highest BCUT2D eigenvalue weighted by Crippen LogP contribution is 2.09. The molecular weight excluding hydrogens is 240 g/mol. The maximum Gasteiger partial charge on any atom is 0.291 e. The van der Waals surface area contributed by atoms with Crippen LogP contribution < -0.4 is 5.32 Å². The Balaban J connectivity index is 1.90. The van der Waals surface area contributed by atoms with E-state index in [-0.39, 0.29) is 17.8 Å². The molecular formula is C10H16N4O2S. The Morgan fingerprint density at radius 2 is 2.24 bits per heavy atom. The van der Waals surface area contributed by atoms with E-state index in [0.717, 1.165) is 19.3 Å². The molecule has 6 nitrogen and oxygen atoms in total. The largest absolute Gasteiger partial charge is 0.346 e. The molecule has 0 radical (unpaired) electrons. The average molecular weight is 256 g/mol. The molecule has 1 aromatic rings. The number of H-pyrrole nitrogens is 1. The first-order valence-corrected chi connectivity index (χ1v) is 7.25. The minimum Gasteiger partial charge on any atom is -0.346 e.